The summed E-state index contributed by atoms with van der Waals surface area (Å²) in [5.74, 6) is 2.02. The molecule has 1 amide bonds. The van der Waals surface area contributed by atoms with Crippen molar-refractivity contribution in [3.05, 3.63) is 71.2 Å². The van der Waals surface area contributed by atoms with Gasteiger partial charge in [0.05, 0.1) is 12.4 Å². The zero-order valence-electron chi connectivity index (χ0n) is 18.7. The number of nitrogens with zero attached hydrogens (tertiary/aromatic N) is 3. The molecule has 5 atom stereocenters. The standard InChI is InChI=1S/C26H28FN5O/c1-26-9-8-18-17-5-3-16(27)12-15(17)2-4-19(18)24(26)20(21-13-30-32-25(21)26)6-7-23(33)31-22-14-28-10-11-29-22/h3,5,10-14,18-20,24H,2,4,6-9H2,1H3,(H,30,32)(H,29,31,33)/t18?,19?,20-,24?,26+/m1/s1. The maximum atomic E-state index is 13.9. The van der Waals surface area contributed by atoms with Crippen molar-refractivity contribution in [2.75, 3.05) is 5.32 Å². The van der Waals surface area contributed by atoms with Crippen LogP contribution in [-0.4, -0.2) is 26.1 Å². The number of nitrogens with one attached hydrogen (secondary N) is 2. The number of aryl methyl sites for hydroxylation is 1. The minimum absolute atomic E-state index is 0.0361. The molecule has 3 aliphatic rings. The zero-order chi connectivity index (χ0) is 22.6. The van der Waals surface area contributed by atoms with Gasteiger partial charge in [-0.3, -0.25) is 14.9 Å². The summed E-state index contributed by atoms with van der Waals surface area (Å²) in [6.07, 6.45) is 12.1. The summed E-state index contributed by atoms with van der Waals surface area (Å²) in [6, 6.07) is 5.36. The zero-order valence-corrected chi connectivity index (χ0v) is 18.7. The van der Waals surface area contributed by atoms with Crippen LogP contribution in [0.4, 0.5) is 10.2 Å². The molecule has 6 nitrogen and oxygen atoms in total. The summed E-state index contributed by atoms with van der Waals surface area (Å²) < 4.78 is 13.9. The number of hydrogen-bond acceptors (Lipinski definition) is 4. The molecule has 170 valence electrons. The van der Waals surface area contributed by atoms with Crippen molar-refractivity contribution in [3.8, 4) is 0 Å². The van der Waals surface area contributed by atoms with Crippen LogP contribution < -0.4 is 5.32 Å². The number of benzene rings is 1. The summed E-state index contributed by atoms with van der Waals surface area (Å²) in [4.78, 5) is 20.9. The van der Waals surface area contributed by atoms with Crippen molar-refractivity contribution in [2.24, 2.45) is 11.8 Å². The lowest BCUT2D eigenvalue weighted by atomic mass is 9.53. The predicted molar refractivity (Wildman–Crippen MR) is 122 cm³/mol. The number of rotatable bonds is 4. The first-order chi connectivity index (χ1) is 16.0. The van der Waals surface area contributed by atoms with E-state index in [0.717, 1.165) is 32.1 Å². The summed E-state index contributed by atoms with van der Waals surface area (Å²) in [5, 5.41) is 10.6. The fraction of sp³-hybridized carbons (Fsp3) is 0.462. The number of aromatic nitrogens is 4. The maximum absolute atomic E-state index is 13.9. The number of hydrogen-bond donors (Lipinski definition) is 2. The first-order valence-corrected chi connectivity index (χ1v) is 11.9. The fourth-order valence-corrected chi connectivity index (χ4v) is 7.25. The van der Waals surface area contributed by atoms with Crippen LogP contribution in [0.1, 0.15) is 73.2 Å². The van der Waals surface area contributed by atoms with Crippen molar-refractivity contribution < 1.29 is 9.18 Å². The topological polar surface area (TPSA) is 83.6 Å². The van der Waals surface area contributed by atoms with E-state index in [1.54, 1.807) is 30.7 Å². The Kier molecular flexibility index (Phi) is 4.82. The predicted octanol–water partition coefficient (Wildman–Crippen LogP) is 4.87. The summed E-state index contributed by atoms with van der Waals surface area (Å²) in [7, 11) is 0. The second kappa shape index (κ2) is 7.75. The molecule has 2 aromatic heterocycles. The summed E-state index contributed by atoms with van der Waals surface area (Å²) >= 11 is 0. The second-order valence-corrected chi connectivity index (χ2v) is 10.1. The molecule has 3 aromatic rings. The molecule has 2 N–H and O–H groups in total. The average molecular weight is 446 g/mol. The molecule has 2 heterocycles. The van der Waals surface area contributed by atoms with Crippen LogP contribution in [0.5, 0.6) is 0 Å². The third-order valence-electron chi connectivity index (χ3n) is 8.53. The highest BCUT2D eigenvalue weighted by Gasteiger charge is 2.57. The number of amides is 1. The minimum Gasteiger partial charge on any atom is -0.309 e. The van der Waals surface area contributed by atoms with Gasteiger partial charge in [-0.2, -0.15) is 5.10 Å². The van der Waals surface area contributed by atoms with Crippen LogP contribution in [0.15, 0.2) is 43.0 Å². The Morgan fingerprint density at radius 1 is 1.24 bits per heavy atom. The van der Waals surface area contributed by atoms with E-state index in [4.69, 9.17) is 0 Å². The summed E-state index contributed by atoms with van der Waals surface area (Å²) in [6.45, 7) is 2.38. The first kappa shape index (κ1) is 20.5. The molecule has 3 unspecified atom stereocenters. The van der Waals surface area contributed by atoms with Gasteiger partial charge in [0.1, 0.15) is 5.82 Å². The lowest BCUT2D eigenvalue weighted by Gasteiger charge is -2.50. The van der Waals surface area contributed by atoms with Crippen LogP contribution >= 0.6 is 0 Å². The van der Waals surface area contributed by atoms with Gasteiger partial charge in [0.15, 0.2) is 5.82 Å². The molecule has 0 radical (unpaired) electrons. The Labute approximate surface area is 192 Å². The first-order valence-electron chi connectivity index (χ1n) is 11.9. The summed E-state index contributed by atoms with van der Waals surface area (Å²) in [5.41, 5.74) is 5.09. The van der Waals surface area contributed by atoms with Crippen LogP contribution in [-0.2, 0) is 16.6 Å². The van der Waals surface area contributed by atoms with Crippen LogP contribution in [0.2, 0.25) is 0 Å². The second-order valence-electron chi connectivity index (χ2n) is 10.1. The third kappa shape index (κ3) is 3.28. The molecule has 7 heteroatoms. The molecule has 0 aliphatic heterocycles. The Bertz CT molecular complexity index is 1190. The van der Waals surface area contributed by atoms with E-state index in [0.29, 0.717) is 30.0 Å². The van der Waals surface area contributed by atoms with E-state index in [1.807, 2.05) is 12.3 Å². The Morgan fingerprint density at radius 2 is 2.15 bits per heavy atom. The van der Waals surface area contributed by atoms with Crippen LogP contribution in [0.3, 0.4) is 0 Å². The highest BCUT2D eigenvalue weighted by atomic mass is 19.1. The van der Waals surface area contributed by atoms with Gasteiger partial charge in [0.2, 0.25) is 5.91 Å². The molecule has 0 bridgehead atoms. The van der Waals surface area contributed by atoms with Gasteiger partial charge in [-0.25, -0.2) is 9.37 Å². The lowest BCUT2D eigenvalue weighted by molar-refractivity contribution is -0.116. The minimum atomic E-state index is -0.137. The number of halogens is 1. The van der Waals surface area contributed by atoms with Crippen molar-refractivity contribution in [1.29, 1.82) is 0 Å². The smallest absolute Gasteiger partial charge is 0.225 e. The van der Waals surface area contributed by atoms with Crippen molar-refractivity contribution in [3.63, 3.8) is 0 Å². The van der Waals surface area contributed by atoms with E-state index in [1.165, 1.54) is 22.4 Å². The monoisotopic (exact) mass is 445 g/mol. The molecule has 0 saturated heterocycles. The van der Waals surface area contributed by atoms with Crippen molar-refractivity contribution in [2.45, 2.75) is 62.7 Å². The number of anilines is 1. The van der Waals surface area contributed by atoms with Gasteiger partial charge in [-0.1, -0.05) is 13.0 Å². The average Bonchev–Trinajstić information content (AvgIpc) is 3.39. The molecular weight excluding hydrogens is 417 g/mol. The largest absolute Gasteiger partial charge is 0.309 e. The van der Waals surface area contributed by atoms with Crippen molar-refractivity contribution in [1.82, 2.24) is 20.2 Å². The van der Waals surface area contributed by atoms with E-state index < -0.39 is 0 Å². The van der Waals surface area contributed by atoms with Gasteiger partial charge in [-0.05, 0) is 84.6 Å². The van der Waals surface area contributed by atoms with Gasteiger partial charge in [0.25, 0.3) is 0 Å². The fourth-order valence-electron chi connectivity index (χ4n) is 7.25. The Hall–Kier alpha value is -3.09. The Balaban J connectivity index is 1.28. The van der Waals surface area contributed by atoms with Gasteiger partial charge in [-0.15, -0.1) is 0 Å². The molecule has 1 fully saturated rings. The molecule has 33 heavy (non-hydrogen) atoms. The molecule has 1 aromatic carbocycles. The Morgan fingerprint density at radius 3 is 3.00 bits per heavy atom. The molecule has 1 saturated carbocycles. The quantitative estimate of drug-likeness (QED) is 0.600. The normalized spacial score (nSPS) is 29.5. The highest BCUT2D eigenvalue weighted by Crippen LogP contribution is 2.64. The van der Waals surface area contributed by atoms with Gasteiger partial charge in [0, 0.05) is 29.9 Å². The lowest BCUT2D eigenvalue weighted by Crippen LogP contribution is -2.44. The molecular formula is C26H28FN5O. The highest BCUT2D eigenvalue weighted by molar-refractivity contribution is 5.89. The number of carbonyl (C=O) groups is 1. The molecule has 3 aliphatic carbocycles. The van der Waals surface area contributed by atoms with E-state index in [2.05, 4.69) is 32.4 Å². The SMILES string of the molecule is C[C@]12CCC3c4ccc(F)cc4CCC3C1[C@H](CCC(=O)Nc1cnccn1)c1cn[nH]c12. The molecule has 0 spiro atoms. The number of carbonyl (C=O) groups excluding carboxylic acids is 1. The van der Waals surface area contributed by atoms with Crippen LogP contribution in [0.25, 0.3) is 0 Å². The van der Waals surface area contributed by atoms with E-state index in [9.17, 15) is 9.18 Å². The number of fused-ring (bicyclic) bond motifs is 7. The van der Waals surface area contributed by atoms with E-state index >= 15 is 0 Å². The number of aromatic amines is 1. The maximum Gasteiger partial charge on any atom is 0.225 e. The third-order valence-corrected chi connectivity index (χ3v) is 8.53. The van der Waals surface area contributed by atoms with Crippen molar-refractivity contribution >= 4 is 11.7 Å². The van der Waals surface area contributed by atoms with Crippen LogP contribution in [0, 0.1) is 17.7 Å². The van der Waals surface area contributed by atoms with E-state index in [-0.39, 0.29) is 23.1 Å². The van der Waals surface area contributed by atoms with Gasteiger partial charge < -0.3 is 5.32 Å². The molecule has 6 rings (SSSR count). The number of H-pyrrole nitrogens is 1. The van der Waals surface area contributed by atoms with Gasteiger partial charge >= 0.3 is 0 Å².